The smallest absolute Gasteiger partial charge is 0.372 e. The lowest BCUT2D eigenvalue weighted by atomic mass is 10.0. The summed E-state index contributed by atoms with van der Waals surface area (Å²) in [6.45, 7) is 6.14. The highest BCUT2D eigenvalue weighted by Gasteiger charge is 2.26. The summed E-state index contributed by atoms with van der Waals surface area (Å²) in [6, 6.07) is 5.85. The average molecular weight is 510 g/mol. The van der Waals surface area contributed by atoms with Gasteiger partial charge in [0.05, 0.1) is 7.11 Å². The van der Waals surface area contributed by atoms with E-state index in [1.807, 2.05) is 0 Å². The fourth-order valence-electron chi connectivity index (χ4n) is 2.83. The Hall–Kier alpha value is -3.47. The molecule has 1 atom stereocenters. The summed E-state index contributed by atoms with van der Waals surface area (Å²) in [5.74, 6) is -4.03. The Bertz CT molecular complexity index is 1130. The number of ether oxygens (including phenoxy) is 3. The molecule has 0 heterocycles. The quantitative estimate of drug-likeness (QED) is 0.544. The molecular formula is C24H25F2NO7S. The molecule has 8 nitrogen and oxygen atoms in total. The lowest BCUT2D eigenvalue weighted by molar-refractivity contribution is -0.144. The fraction of sp³-hybridized carbons (Fsp3) is 0.333. The molecule has 188 valence electrons. The minimum atomic E-state index is -1.09. The second-order valence-corrected chi connectivity index (χ2v) is 9.23. The zero-order valence-electron chi connectivity index (χ0n) is 19.8. The number of carbonyl (C=O) groups excluding carboxylic acids is 4. The van der Waals surface area contributed by atoms with Crippen molar-refractivity contribution in [1.82, 2.24) is 5.32 Å². The predicted molar refractivity (Wildman–Crippen MR) is 125 cm³/mol. The third kappa shape index (κ3) is 8.36. The molecule has 0 unspecified atom stereocenters. The number of esters is 2. The van der Waals surface area contributed by atoms with E-state index in [4.69, 9.17) is 9.47 Å². The van der Waals surface area contributed by atoms with Crippen LogP contribution in [-0.4, -0.2) is 47.7 Å². The number of benzene rings is 2. The number of nitrogens with one attached hydrogen (secondary N) is 1. The van der Waals surface area contributed by atoms with Crippen LogP contribution >= 0.6 is 11.8 Å². The molecule has 1 amide bonds. The third-order valence-electron chi connectivity index (χ3n) is 4.26. The molecule has 2 rings (SSSR count). The maximum absolute atomic E-state index is 14.3. The average Bonchev–Trinajstić information content (AvgIpc) is 2.75. The Labute approximate surface area is 205 Å². The van der Waals surface area contributed by atoms with Crippen LogP contribution in [0.3, 0.4) is 0 Å². The Morgan fingerprint density at radius 3 is 2.31 bits per heavy atom. The Kier molecular flexibility index (Phi) is 9.35. The fourth-order valence-corrected chi connectivity index (χ4v) is 3.50. The summed E-state index contributed by atoms with van der Waals surface area (Å²) in [6.07, 6.45) is 0. The van der Waals surface area contributed by atoms with Gasteiger partial charge in [0, 0.05) is 24.3 Å². The van der Waals surface area contributed by atoms with Gasteiger partial charge in [-0.1, -0.05) is 6.07 Å². The molecule has 0 bridgehead atoms. The third-order valence-corrected chi connectivity index (χ3v) is 5.08. The highest BCUT2D eigenvalue weighted by Crippen LogP contribution is 2.31. The van der Waals surface area contributed by atoms with Gasteiger partial charge < -0.3 is 19.5 Å². The van der Waals surface area contributed by atoms with Gasteiger partial charge in [-0.15, -0.1) is 0 Å². The van der Waals surface area contributed by atoms with E-state index in [-0.39, 0.29) is 28.2 Å². The molecule has 0 aromatic heterocycles. The van der Waals surface area contributed by atoms with Gasteiger partial charge in [-0.25, -0.2) is 23.2 Å². The van der Waals surface area contributed by atoms with Crippen molar-refractivity contribution in [3.8, 4) is 16.9 Å². The molecule has 0 saturated carbocycles. The molecule has 0 spiro atoms. The lowest BCUT2D eigenvalue weighted by Crippen LogP contribution is -2.42. The molecule has 2 aromatic carbocycles. The van der Waals surface area contributed by atoms with Crippen molar-refractivity contribution >= 4 is 34.9 Å². The first-order chi connectivity index (χ1) is 16.3. The number of hydrogen-bond acceptors (Lipinski definition) is 8. The van der Waals surface area contributed by atoms with Crippen LogP contribution in [0.1, 0.15) is 38.1 Å². The van der Waals surface area contributed by atoms with E-state index < -0.39 is 46.4 Å². The second kappa shape index (κ2) is 11.8. The van der Waals surface area contributed by atoms with Gasteiger partial charge in [-0.3, -0.25) is 4.79 Å². The van der Waals surface area contributed by atoms with Crippen molar-refractivity contribution in [2.24, 2.45) is 0 Å². The molecule has 35 heavy (non-hydrogen) atoms. The Balaban J connectivity index is 2.32. The molecule has 0 saturated heterocycles. The maximum atomic E-state index is 14.3. The molecular weight excluding hydrogens is 484 g/mol. The molecule has 2 aromatic rings. The van der Waals surface area contributed by atoms with Crippen LogP contribution in [0, 0.1) is 11.6 Å². The summed E-state index contributed by atoms with van der Waals surface area (Å²) in [5.41, 5.74) is -0.788. The van der Waals surface area contributed by atoms with Crippen molar-refractivity contribution in [2.45, 2.75) is 39.3 Å². The largest absolute Gasteiger partial charge is 0.467 e. The maximum Gasteiger partial charge on any atom is 0.372 e. The molecule has 0 radical (unpaired) electrons. The van der Waals surface area contributed by atoms with E-state index in [0.29, 0.717) is 17.8 Å². The van der Waals surface area contributed by atoms with Crippen LogP contribution in [0.2, 0.25) is 0 Å². The van der Waals surface area contributed by atoms with E-state index in [2.05, 4.69) is 10.1 Å². The van der Waals surface area contributed by atoms with Gasteiger partial charge >= 0.3 is 17.2 Å². The number of halogens is 2. The van der Waals surface area contributed by atoms with Gasteiger partial charge in [0.2, 0.25) is 5.91 Å². The standard InChI is InChI=1S/C24H25F2NO7S/c1-13(28)27-19(22(30)32-5)12-35-23(31)33-20-9-6-14(16-8-7-15(25)11-18(16)26)10-17(20)21(29)34-24(2,3)4/h6-11,19H,12H2,1-5H3,(H,27,28)/t19-/m1/s1. The molecule has 1 N–H and O–H groups in total. The number of carbonyl (C=O) groups is 4. The first kappa shape index (κ1) is 27.8. The van der Waals surface area contributed by atoms with Crippen LogP contribution in [-0.2, 0) is 19.1 Å². The monoisotopic (exact) mass is 509 g/mol. The summed E-state index contributed by atoms with van der Waals surface area (Å²) < 4.78 is 42.9. The molecule has 0 aliphatic heterocycles. The zero-order valence-corrected chi connectivity index (χ0v) is 20.6. The van der Waals surface area contributed by atoms with Gasteiger partial charge in [-0.05, 0) is 62.4 Å². The molecule has 11 heteroatoms. The highest BCUT2D eigenvalue weighted by atomic mass is 32.2. The number of rotatable bonds is 7. The van der Waals surface area contributed by atoms with Crippen LogP contribution < -0.4 is 10.1 Å². The first-order valence-electron chi connectivity index (χ1n) is 10.3. The molecule has 0 aliphatic carbocycles. The summed E-state index contributed by atoms with van der Waals surface area (Å²) in [5, 5.41) is 1.48. The SMILES string of the molecule is COC(=O)[C@@H](CSC(=O)Oc1ccc(-c2ccc(F)cc2F)cc1C(=O)OC(C)(C)C)NC(C)=O. The Morgan fingerprint density at radius 1 is 1.06 bits per heavy atom. The summed E-state index contributed by atoms with van der Waals surface area (Å²) in [7, 11) is 1.14. The second-order valence-electron chi connectivity index (χ2n) is 8.28. The summed E-state index contributed by atoms with van der Waals surface area (Å²) >= 11 is 0.573. The van der Waals surface area contributed by atoms with E-state index in [1.54, 1.807) is 20.8 Å². The Morgan fingerprint density at radius 2 is 1.74 bits per heavy atom. The van der Waals surface area contributed by atoms with E-state index >= 15 is 0 Å². The van der Waals surface area contributed by atoms with Crippen LogP contribution in [0.25, 0.3) is 11.1 Å². The van der Waals surface area contributed by atoms with Gasteiger partial charge in [0.25, 0.3) is 0 Å². The van der Waals surface area contributed by atoms with Gasteiger partial charge in [0.1, 0.15) is 34.6 Å². The van der Waals surface area contributed by atoms with Crippen molar-refractivity contribution in [3.63, 3.8) is 0 Å². The number of amides is 1. The lowest BCUT2D eigenvalue weighted by Gasteiger charge is -2.21. The molecule has 0 fully saturated rings. The van der Waals surface area contributed by atoms with Crippen LogP contribution in [0.4, 0.5) is 13.6 Å². The van der Waals surface area contributed by atoms with Gasteiger partial charge in [0.15, 0.2) is 0 Å². The van der Waals surface area contributed by atoms with E-state index in [1.165, 1.54) is 31.2 Å². The number of hydrogen-bond donors (Lipinski definition) is 1. The van der Waals surface area contributed by atoms with Crippen molar-refractivity contribution < 1.29 is 42.2 Å². The first-order valence-corrected chi connectivity index (χ1v) is 11.3. The van der Waals surface area contributed by atoms with E-state index in [0.717, 1.165) is 13.2 Å². The van der Waals surface area contributed by atoms with Crippen LogP contribution in [0.15, 0.2) is 36.4 Å². The van der Waals surface area contributed by atoms with Crippen molar-refractivity contribution in [2.75, 3.05) is 12.9 Å². The normalized spacial score (nSPS) is 11.9. The summed E-state index contributed by atoms with van der Waals surface area (Å²) in [4.78, 5) is 48.4. The number of thioether (sulfide) groups is 1. The van der Waals surface area contributed by atoms with Crippen LogP contribution in [0.5, 0.6) is 5.75 Å². The minimum absolute atomic E-state index is 0.0275. The number of methoxy groups -OCH3 is 1. The predicted octanol–water partition coefficient (Wildman–Crippen LogP) is 4.50. The zero-order chi connectivity index (χ0) is 26.3. The topological polar surface area (TPSA) is 108 Å². The van der Waals surface area contributed by atoms with E-state index in [9.17, 15) is 28.0 Å². The minimum Gasteiger partial charge on any atom is -0.467 e. The van der Waals surface area contributed by atoms with Crippen molar-refractivity contribution in [1.29, 1.82) is 0 Å². The van der Waals surface area contributed by atoms with Crippen molar-refractivity contribution in [3.05, 3.63) is 53.6 Å². The highest BCUT2D eigenvalue weighted by molar-refractivity contribution is 8.13. The molecule has 0 aliphatic rings. The van der Waals surface area contributed by atoms with Gasteiger partial charge in [-0.2, -0.15) is 0 Å².